The van der Waals surface area contributed by atoms with E-state index in [4.69, 9.17) is 4.99 Å². The summed E-state index contributed by atoms with van der Waals surface area (Å²) in [5, 5.41) is 6.85. The molecule has 1 fully saturated rings. The van der Waals surface area contributed by atoms with Crippen LogP contribution in [0.15, 0.2) is 23.5 Å². The van der Waals surface area contributed by atoms with Gasteiger partial charge < -0.3 is 15.5 Å². The van der Waals surface area contributed by atoms with Crippen LogP contribution in [0, 0.1) is 0 Å². The van der Waals surface area contributed by atoms with Crippen molar-refractivity contribution in [1.82, 2.24) is 30.4 Å². The Bertz CT molecular complexity index is 588. The van der Waals surface area contributed by atoms with E-state index in [0.29, 0.717) is 12.1 Å². The standard InChI is InChI=1S/C22H42N8/c1-6-23-21(25-12-14-30(19(2)3)20(4)5)24-11-8-13-28-15-17-29(18-16-28)22-26-9-7-10-27-22/h7,9-10,19-20H,6,8,11-18H2,1-5H3,(H2,23,24,25). The van der Waals surface area contributed by atoms with Crippen LogP contribution in [0.5, 0.6) is 0 Å². The number of nitrogens with zero attached hydrogens (tertiary/aromatic N) is 6. The van der Waals surface area contributed by atoms with E-state index < -0.39 is 0 Å². The predicted molar refractivity (Wildman–Crippen MR) is 126 cm³/mol. The van der Waals surface area contributed by atoms with Gasteiger partial charge in [0.05, 0.1) is 0 Å². The summed E-state index contributed by atoms with van der Waals surface area (Å²) < 4.78 is 0. The maximum absolute atomic E-state index is 4.77. The average Bonchev–Trinajstić information content (AvgIpc) is 2.74. The van der Waals surface area contributed by atoms with Crippen molar-refractivity contribution in [2.75, 3.05) is 63.8 Å². The molecule has 0 aliphatic carbocycles. The summed E-state index contributed by atoms with van der Waals surface area (Å²) in [5.74, 6) is 1.77. The molecule has 0 bridgehead atoms. The van der Waals surface area contributed by atoms with Gasteiger partial charge in [0.1, 0.15) is 0 Å². The molecule has 0 amide bonds. The quantitative estimate of drug-likeness (QED) is 0.322. The van der Waals surface area contributed by atoms with Crippen LogP contribution in [0.3, 0.4) is 0 Å². The Labute approximate surface area is 183 Å². The SMILES string of the molecule is CCNC(=NCCCN1CCN(c2ncccn2)CC1)NCCN(C(C)C)C(C)C. The van der Waals surface area contributed by atoms with Crippen molar-refractivity contribution in [2.45, 2.75) is 53.1 Å². The van der Waals surface area contributed by atoms with Crippen molar-refractivity contribution in [3.05, 3.63) is 18.5 Å². The third kappa shape index (κ3) is 8.44. The van der Waals surface area contributed by atoms with Gasteiger partial charge in [0.2, 0.25) is 5.95 Å². The summed E-state index contributed by atoms with van der Waals surface area (Å²) in [7, 11) is 0. The molecule has 1 aliphatic rings. The van der Waals surface area contributed by atoms with Crippen LogP contribution in [0.4, 0.5) is 5.95 Å². The number of hydrogen-bond donors (Lipinski definition) is 2. The highest BCUT2D eigenvalue weighted by atomic mass is 15.3. The zero-order valence-corrected chi connectivity index (χ0v) is 19.6. The lowest BCUT2D eigenvalue weighted by Gasteiger charge is -2.34. The molecule has 1 aliphatic heterocycles. The molecule has 30 heavy (non-hydrogen) atoms. The largest absolute Gasteiger partial charge is 0.357 e. The van der Waals surface area contributed by atoms with Crippen molar-refractivity contribution in [3.63, 3.8) is 0 Å². The molecule has 2 N–H and O–H groups in total. The minimum atomic E-state index is 0.556. The number of hydrogen-bond acceptors (Lipinski definition) is 6. The van der Waals surface area contributed by atoms with Gasteiger partial charge in [-0.1, -0.05) is 0 Å². The molecule has 2 rings (SSSR count). The zero-order chi connectivity index (χ0) is 21.8. The van der Waals surface area contributed by atoms with Gasteiger partial charge >= 0.3 is 0 Å². The summed E-state index contributed by atoms with van der Waals surface area (Å²) in [6.45, 7) is 20.0. The van der Waals surface area contributed by atoms with Gasteiger partial charge in [0.15, 0.2) is 5.96 Å². The molecule has 0 aromatic carbocycles. The normalized spacial score (nSPS) is 16.0. The van der Waals surface area contributed by atoms with Crippen molar-refractivity contribution < 1.29 is 0 Å². The van der Waals surface area contributed by atoms with Gasteiger partial charge in [-0.05, 0) is 47.1 Å². The van der Waals surface area contributed by atoms with Gasteiger partial charge in [-0.3, -0.25) is 14.8 Å². The molecule has 0 atom stereocenters. The Hall–Kier alpha value is -1.93. The smallest absolute Gasteiger partial charge is 0.225 e. The second-order valence-electron chi connectivity index (χ2n) is 8.34. The second kappa shape index (κ2) is 13.4. The third-order valence-corrected chi connectivity index (χ3v) is 5.44. The number of aromatic nitrogens is 2. The first-order valence-corrected chi connectivity index (χ1v) is 11.5. The van der Waals surface area contributed by atoms with Gasteiger partial charge in [-0.2, -0.15) is 0 Å². The van der Waals surface area contributed by atoms with E-state index >= 15 is 0 Å². The molecule has 0 unspecified atom stereocenters. The van der Waals surface area contributed by atoms with Crippen molar-refractivity contribution in [1.29, 1.82) is 0 Å². The molecule has 8 nitrogen and oxygen atoms in total. The Morgan fingerprint density at radius 3 is 2.33 bits per heavy atom. The molecule has 8 heteroatoms. The van der Waals surface area contributed by atoms with E-state index in [-0.39, 0.29) is 0 Å². The van der Waals surface area contributed by atoms with Gasteiger partial charge in [0.25, 0.3) is 0 Å². The molecule has 0 spiro atoms. The molecule has 1 aromatic heterocycles. The summed E-state index contributed by atoms with van der Waals surface area (Å²) in [5.41, 5.74) is 0. The van der Waals surface area contributed by atoms with Crippen molar-refractivity contribution in [3.8, 4) is 0 Å². The number of anilines is 1. The Balaban J connectivity index is 1.67. The van der Waals surface area contributed by atoms with E-state index in [1.165, 1.54) is 0 Å². The molecule has 1 saturated heterocycles. The minimum absolute atomic E-state index is 0.556. The minimum Gasteiger partial charge on any atom is -0.357 e. The lowest BCUT2D eigenvalue weighted by atomic mass is 10.2. The monoisotopic (exact) mass is 418 g/mol. The van der Waals surface area contributed by atoms with Gasteiger partial charge in [0, 0.05) is 83.4 Å². The summed E-state index contributed by atoms with van der Waals surface area (Å²) in [6.07, 6.45) is 4.69. The van der Waals surface area contributed by atoms with Crippen LogP contribution in [-0.4, -0.2) is 96.7 Å². The number of aliphatic imine (C=N–C) groups is 1. The second-order valence-corrected chi connectivity index (χ2v) is 8.34. The van der Waals surface area contributed by atoms with Gasteiger partial charge in [-0.25, -0.2) is 9.97 Å². The van der Waals surface area contributed by atoms with Crippen LogP contribution in [0.25, 0.3) is 0 Å². The molecular weight excluding hydrogens is 376 g/mol. The Kier molecular flexibility index (Phi) is 10.9. The highest BCUT2D eigenvalue weighted by Crippen LogP contribution is 2.09. The van der Waals surface area contributed by atoms with Crippen LogP contribution in [0.2, 0.25) is 0 Å². The number of piperazine rings is 1. The first-order chi connectivity index (χ1) is 14.5. The highest BCUT2D eigenvalue weighted by Gasteiger charge is 2.18. The number of guanidine groups is 1. The highest BCUT2D eigenvalue weighted by molar-refractivity contribution is 5.79. The molecule has 2 heterocycles. The molecular formula is C22H42N8. The lowest BCUT2D eigenvalue weighted by Crippen LogP contribution is -2.47. The number of rotatable bonds is 11. The fourth-order valence-electron chi connectivity index (χ4n) is 3.87. The third-order valence-electron chi connectivity index (χ3n) is 5.44. The maximum Gasteiger partial charge on any atom is 0.225 e. The topological polar surface area (TPSA) is 71.9 Å². The van der Waals surface area contributed by atoms with Crippen LogP contribution < -0.4 is 15.5 Å². The van der Waals surface area contributed by atoms with Crippen LogP contribution >= 0.6 is 0 Å². The predicted octanol–water partition coefficient (Wildman–Crippen LogP) is 1.66. The number of nitrogens with one attached hydrogen (secondary N) is 2. The Morgan fingerprint density at radius 2 is 1.73 bits per heavy atom. The van der Waals surface area contributed by atoms with Gasteiger partial charge in [-0.15, -0.1) is 0 Å². The summed E-state index contributed by atoms with van der Waals surface area (Å²) in [4.78, 5) is 20.7. The maximum atomic E-state index is 4.77. The van der Waals surface area contributed by atoms with E-state index in [0.717, 1.165) is 77.2 Å². The summed E-state index contributed by atoms with van der Waals surface area (Å²) in [6, 6.07) is 2.97. The molecule has 0 saturated carbocycles. The van der Waals surface area contributed by atoms with E-state index in [2.05, 4.69) is 69.9 Å². The molecule has 1 aromatic rings. The summed E-state index contributed by atoms with van der Waals surface area (Å²) >= 11 is 0. The average molecular weight is 419 g/mol. The van der Waals surface area contributed by atoms with E-state index in [1.807, 2.05) is 18.5 Å². The molecule has 0 radical (unpaired) electrons. The fourth-order valence-corrected chi connectivity index (χ4v) is 3.87. The fraction of sp³-hybridized carbons (Fsp3) is 0.773. The molecule has 170 valence electrons. The first kappa shape index (κ1) is 24.3. The first-order valence-electron chi connectivity index (χ1n) is 11.5. The van der Waals surface area contributed by atoms with Crippen molar-refractivity contribution >= 4 is 11.9 Å². The zero-order valence-electron chi connectivity index (χ0n) is 19.6. The lowest BCUT2D eigenvalue weighted by molar-refractivity contribution is 0.178. The van der Waals surface area contributed by atoms with Crippen LogP contribution in [0.1, 0.15) is 41.0 Å². The van der Waals surface area contributed by atoms with Crippen LogP contribution in [-0.2, 0) is 0 Å². The van der Waals surface area contributed by atoms with E-state index in [9.17, 15) is 0 Å². The Morgan fingerprint density at radius 1 is 1.07 bits per heavy atom. The van der Waals surface area contributed by atoms with E-state index in [1.54, 1.807) is 0 Å². The van der Waals surface area contributed by atoms with Crippen molar-refractivity contribution in [2.24, 2.45) is 4.99 Å².